The highest BCUT2D eigenvalue weighted by atomic mass is 19.4. The number of aliphatic hydroxyl groups excluding tert-OH is 1. The Morgan fingerprint density at radius 3 is 2.62 bits per heavy atom. The number of hydrogen-bond donors (Lipinski definition) is 1. The van der Waals surface area contributed by atoms with E-state index in [-0.39, 0.29) is 18.0 Å². The van der Waals surface area contributed by atoms with Crippen molar-refractivity contribution < 1.29 is 23.0 Å². The van der Waals surface area contributed by atoms with Crippen LogP contribution in [0.4, 0.5) is 13.2 Å². The van der Waals surface area contributed by atoms with Gasteiger partial charge in [0.05, 0.1) is 18.5 Å². The molecule has 0 bridgehead atoms. The van der Waals surface area contributed by atoms with E-state index in [0.717, 1.165) is 18.4 Å². The van der Waals surface area contributed by atoms with Crippen LogP contribution < -0.4 is 4.74 Å². The molecule has 1 aromatic heterocycles. The van der Waals surface area contributed by atoms with E-state index in [4.69, 9.17) is 0 Å². The Labute approximate surface area is 118 Å². The lowest BCUT2D eigenvalue weighted by atomic mass is 10.1. The Balaban J connectivity index is 2.04. The van der Waals surface area contributed by atoms with E-state index in [2.05, 4.69) is 9.84 Å². The molecule has 1 saturated carbocycles. The van der Waals surface area contributed by atoms with Crippen LogP contribution in [0.1, 0.15) is 30.0 Å². The maximum absolute atomic E-state index is 12.5. The largest absolute Gasteiger partial charge is 0.573 e. The average molecular weight is 298 g/mol. The first-order chi connectivity index (χ1) is 9.99. The molecule has 21 heavy (non-hydrogen) atoms. The summed E-state index contributed by atoms with van der Waals surface area (Å²) >= 11 is 0. The smallest absolute Gasteiger partial charge is 0.403 e. The maximum Gasteiger partial charge on any atom is 0.573 e. The molecule has 4 nitrogen and oxygen atoms in total. The van der Waals surface area contributed by atoms with Crippen molar-refractivity contribution in [3.8, 4) is 11.4 Å². The van der Waals surface area contributed by atoms with Crippen LogP contribution in [-0.4, -0.2) is 21.2 Å². The number of ether oxygens (including phenoxy) is 1. The summed E-state index contributed by atoms with van der Waals surface area (Å²) in [6.45, 7) is -0.286. The third-order valence-corrected chi connectivity index (χ3v) is 3.39. The summed E-state index contributed by atoms with van der Waals surface area (Å²) in [7, 11) is 0. The number of alkyl halides is 3. The van der Waals surface area contributed by atoms with Gasteiger partial charge in [-0.2, -0.15) is 5.10 Å². The molecule has 0 atom stereocenters. The van der Waals surface area contributed by atoms with Gasteiger partial charge in [-0.05, 0) is 36.5 Å². The van der Waals surface area contributed by atoms with Gasteiger partial charge in [-0.3, -0.25) is 0 Å². The molecule has 1 aliphatic carbocycles. The Morgan fingerprint density at radius 2 is 2.00 bits per heavy atom. The van der Waals surface area contributed by atoms with Crippen molar-refractivity contribution in [3.05, 3.63) is 41.7 Å². The molecule has 1 aromatic carbocycles. The van der Waals surface area contributed by atoms with Crippen molar-refractivity contribution in [2.45, 2.75) is 31.7 Å². The topological polar surface area (TPSA) is 47.3 Å². The molecule has 112 valence electrons. The van der Waals surface area contributed by atoms with Crippen molar-refractivity contribution in [1.29, 1.82) is 0 Å². The minimum atomic E-state index is -4.78. The zero-order chi connectivity index (χ0) is 15.0. The van der Waals surface area contributed by atoms with Gasteiger partial charge in [0.1, 0.15) is 5.69 Å². The zero-order valence-electron chi connectivity index (χ0n) is 11.0. The summed E-state index contributed by atoms with van der Waals surface area (Å²) in [4.78, 5) is 0. The van der Waals surface area contributed by atoms with Crippen molar-refractivity contribution in [2.75, 3.05) is 0 Å². The Hall–Kier alpha value is -2.02. The lowest BCUT2D eigenvalue weighted by Gasteiger charge is -2.14. The minimum absolute atomic E-state index is 0.158. The van der Waals surface area contributed by atoms with E-state index in [1.165, 1.54) is 22.9 Å². The number of halogens is 3. The highest BCUT2D eigenvalue weighted by Gasteiger charge is 2.33. The second-order valence-corrected chi connectivity index (χ2v) is 4.91. The van der Waals surface area contributed by atoms with Crippen LogP contribution in [0.25, 0.3) is 5.69 Å². The first-order valence-electron chi connectivity index (χ1n) is 6.52. The number of hydrogen-bond acceptors (Lipinski definition) is 3. The first-order valence-corrected chi connectivity index (χ1v) is 6.52. The van der Waals surface area contributed by atoms with Crippen molar-refractivity contribution >= 4 is 0 Å². The molecule has 2 aromatic rings. The predicted molar refractivity (Wildman–Crippen MR) is 68.1 cm³/mol. The fourth-order valence-corrected chi connectivity index (χ4v) is 2.33. The average Bonchev–Trinajstić information content (AvgIpc) is 3.17. The molecule has 7 heteroatoms. The molecule has 3 rings (SSSR count). The number of para-hydroxylation sites is 2. The van der Waals surface area contributed by atoms with E-state index in [9.17, 15) is 18.3 Å². The fourth-order valence-electron chi connectivity index (χ4n) is 2.33. The van der Waals surface area contributed by atoms with Gasteiger partial charge in [-0.15, -0.1) is 13.2 Å². The number of aliphatic hydroxyl groups is 1. The normalized spacial score (nSPS) is 15.2. The number of nitrogens with zero attached hydrogens (tertiary/aromatic N) is 2. The first kappa shape index (κ1) is 13.9. The van der Waals surface area contributed by atoms with E-state index in [1.54, 1.807) is 12.3 Å². The molecule has 0 saturated heterocycles. The van der Waals surface area contributed by atoms with Crippen LogP contribution in [-0.2, 0) is 6.61 Å². The number of benzene rings is 1. The van der Waals surface area contributed by atoms with Crippen molar-refractivity contribution in [3.63, 3.8) is 0 Å². The Morgan fingerprint density at radius 1 is 1.29 bits per heavy atom. The molecule has 0 unspecified atom stereocenters. The van der Waals surface area contributed by atoms with E-state index in [1.807, 2.05) is 0 Å². The Kier molecular flexibility index (Phi) is 3.36. The standard InChI is InChI=1S/C14H13F3N2O2/c15-14(16,17)21-13-4-2-1-3-11(13)19-12(8-20)10(7-18-19)9-5-6-9/h1-4,7,9,20H,5-6,8H2. The molecular formula is C14H13F3N2O2. The quantitative estimate of drug-likeness (QED) is 0.943. The number of rotatable bonds is 4. The van der Waals surface area contributed by atoms with Crippen LogP contribution in [0.5, 0.6) is 5.75 Å². The third kappa shape index (κ3) is 2.87. The van der Waals surface area contributed by atoms with Crippen LogP contribution in [0.2, 0.25) is 0 Å². The zero-order valence-corrected chi connectivity index (χ0v) is 11.0. The minimum Gasteiger partial charge on any atom is -0.403 e. The molecule has 0 spiro atoms. The van der Waals surface area contributed by atoms with Gasteiger partial charge in [0.2, 0.25) is 0 Å². The molecule has 1 aliphatic rings. The van der Waals surface area contributed by atoms with Crippen LogP contribution in [0.15, 0.2) is 30.5 Å². The summed E-state index contributed by atoms with van der Waals surface area (Å²) < 4.78 is 42.7. The summed E-state index contributed by atoms with van der Waals surface area (Å²) in [5.41, 5.74) is 1.56. The molecular weight excluding hydrogens is 285 g/mol. The summed E-state index contributed by atoms with van der Waals surface area (Å²) in [6, 6.07) is 5.75. The van der Waals surface area contributed by atoms with Gasteiger partial charge in [-0.1, -0.05) is 12.1 Å². The SMILES string of the molecule is OCc1c(C2CC2)cnn1-c1ccccc1OC(F)(F)F. The fraction of sp³-hybridized carbons (Fsp3) is 0.357. The monoisotopic (exact) mass is 298 g/mol. The highest BCUT2D eigenvalue weighted by molar-refractivity contribution is 5.48. The molecule has 0 aliphatic heterocycles. The second-order valence-electron chi connectivity index (χ2n) is 4.91. The van der Waals surface area contributed by atoms with Gasteiger partial charge < -0.3 is 9.84 Å². The number of aromatic nitrogens is 2. The van der Waals surface area contributed by atoms with Crippen LogP contribution >= 0.6 is 0 Å². The molecule has 0 amide bonds. The van der Waals surface area contributed by atoms with Crippen molar-refractivity contribution in [1.82, 2.24) is 9.78 Å². The van der Waals surface area contributed by atoms with Gasteiger partial charge in [0, 0.05) is 0 Å². The molecule has 1 heterocycles. The molecule has 0 radical (unpaired) electrons. The van der Waals surface area contributed by atoms with Crippen molar-refractivity contribution in [2.24, 2.45) is 0 Å². The summed E-state index contributed by atoms with van der Waals surface area (Å²) in [6.07, 6.45) is -1.14. The van der Waals surface area contributed by atoms with Gasteiger partial charge >= 0.3 is 6.36 Å². The third-order valence-electron chi connectivity index (χ3n) is 3.39. The lowest BCUT2D eigenvalue weighted by molar-refractivity contribution is -0.274. The summed E-state index contributed by atoms with van der Waals surface area (Å²) in [5.74, 6) is 0.00161. The molecule has 1 fully saturated rings. The van der Waals surface area contributed by atoms with Gasteiger partial charge in [0.15, 0.2) is 5.75 Å². The predicted octanol–water partition coefficient (Wildman–Crippen LogP) is 3.14. The van der Waals surface area contributed by atoms with Gasteiger partial charge in [0.25, 0.3) is 0 Å². The van der Waals surface area contributed by atoms with Crippen LogP contribution in [0, 0.1) is 0 Å². The van der Waals surface area contributed by atoms with E-state index in [0.29, 0.717) is 11.6 Å². The second kappa shape index (κ2) is 5.07. The van der Waals surface area contributed by atoms with Crippen LogP contribution in [0.3, 0.4) is 0 Å². The Bertz CT molecular complexity index is 648. The van der Waals surface area contributed by atoms with E-state index < -0.39 is 6.36 Å². The lowest BCUT2D eigenvalue weighted by Crippen LogP contribution is -2.19. The summed E-state index contributed by atoms with van der Waals surface area (Å²) in [5, 5.41) is 13.6. The highest BCUT2D eigenvalue weighted by Crippen LogP contribution is 2.42. The molecule has 1 N–H and O–H groups in total. The maximum atomic E-state index is 12.5. The van der Waals surface area contributed by atoms with E-state index >= 15 is 0 Å². The van der Waals surface area contributed by atoms with Gasteiger partial charge in [-0.25, -0.2) is 4.68 Å².